The summed E-state index contributed by atoms with van der Waals surface area (Å²) in [7, 11) is -3.95. The van der Waals surface area contributed by atoms with Crippen molar-refractivity contribution in [2.45, 2.75) is 175 Å². The molecule has 0 heterocycles. The first-order valence-electron chi connectivity index (χ1n) is 15.8. The Hall–Kier alpha value is -0.789. The molecule has 0 bridgehead atoms. The van der Waals surface area contributed by atoms with Crippen molar-refractivity contribution in [2.75, 3.05) is 7.11 Å². The van der Waals surface area contributed by atoms with Crippen LogP contribution in [0, 0.1) is 22.9 Å². The summed E-state index contributed by atoms with van der Waals surface area (Å²) in [6.45, 7) is 41.2. The van der Waals surface area contributed by atoms with Crippen LogP contribution in [0.4, 0.5) is 0 Å². The molecule has 0 atom stereocenters. The minimum absolute atomic E-state index is 0.0900. The summed E-state index contributed by atoms with van der Waals surface area (Å²) in [5, 5.41) is 0.0900. The molecule has 230 valence electrons. The first-order chi connectivity index (χ1) is 17.9. The van der Waals surface area contributed by atoms with Crippen LogP contribution in [-0.4, -0.2) is 42.8 Å². The lowest BCUT2D eigenvalue weighted by atomic mass is 9.94. The van der Waals surface area contributed by atoms with Crippen LogP contribution in [-0.2, 0) is 9.16 Å². The molecule has 2 nitrogen and oxygen atoms in total. The predicted octanol–water partition coefficient (Wildman–Crippen LogP) is 10.9. The highest BCUT2D eigenvalue weighted by molar-refractivity contribution is 6.90. The maximum absolute atomic E-state index is 7.08. The van der Waals surface area contributed by atoms with Gasteiger partial charge in [0, 0.05) is 7.11 Å². The molecule has 0 aliphatic rings. The van der Waals surface area contributed by atoms with Gasteiger partial charge in [-0.3, -0.25) is 0 Å². The van der Waals surface area contributed by atoms with E-state index in [-0.39, 0.29) is 5.04 Å². The highest BCUT2D eigenvalue weighted by Gasteiger charge is 2.44. The standard InChI is InChI=1S/C35H66O2Si3/c1-20-39(21-2,22-3)25-23-32(35(15,16)37-38(18,19)33(10,11)12)27-31(34(13,14)36-17)24-26-40(28(4)5,29(6)7)30(8)9/h28-30H,20-22H2,1-19H3. The van der Waals surface area contributed by atoms with Crippen LogP contribution < -0.4 is 0 Å². The monoisotopic (exact) mass is 602 g/mol. The molecule has 0 rings (SSSR count). The molecule has 0 unspecified atom stereocenters. The summed E-state index contributed by atoms with van der Waals surface area (Å²) in [4.78, 5) is 0. The van der Waals surface area contributed by atoms with Crippen molar-refractivity contribution in [2.24, 2.45) is 0 Å². The average molecular weight is 603 g/mol. The van der Waals surface area contributed by atoms with Crippen LogP contribution in [0.2, 0.25) is 52.9 Å². The van der Waals surface area contributed by atoms with E-state index in [1.807, 2.05) is 0 Å². The van der Waals surface area contributed by atoms with Crippen molar-refractivity contribution in [1.82, 2.24) is 0 Å². The molecule has 0 radical (unpaired) electrons. The van der Waals surface area contributed by atoms with Crippen LogP contribution in [0.1, 0.15) is 111 Å². The Morgan fingerprint density at radius 2 is 1.02 bits per heavy atom. The highest BCUT2D eigenvalue weighted by atomic mass is 28.4. The molecule has 0 fully saturated rings. The fourth-order valence-electron chi connectivity index (χ4n) is 5.55. The smallest absolute Gasteiger partial charge is 0.193 e. The average Bonchev–Trinajstić information content (AvgIpc) is 2.81. The van der Waals surface area contributed by atoms with Crippen molar-refractivity contribution in [3.8, 4) is 22.9 Å². The van der Waals surface area contributed by atoms with E-state index in [4.69, 9.17) is 9.16 Å². The van der Waals surface area contributed by atoms with E-state index in [2.05, 4.69) is 153 Å². The van der Waals surface area contributed by atoms with Gasteiger partial charge < -0.3 is 9.16 Å². The lowest BCUT2D eigenvalue weighted by Gasteiger charge is -2.42. The van der Waals surface area contributed by atoms with Gasteiger partial charge in [0.1, 0.15) is 21.7 Å². The molecule has 0 saturated carbocycles. The molecule has 0 aliphatic carbocycles. The molecule has 0 aromatic rings. The van der Waals surface area contributed by atoms with Crippen LogP contribution >= 0.6 is 0 Å². The minimum atomic E-state index is -2.09. The highest BCUT2D eigenvalue weighted by Crippen LogP contribution is 2.42. The number of hydrogen-bond acceptors (Lipinski definition) is 2. The van der Waals surface area contributed by atoms with Gasteiger partial charge in [0.2, 0.25) is 0 Å². The zero-order valence-electron chi connectivity index (χ0n) is 30.2. The van der Waals surface area contributed by atoms with Crippen LogP contribution in [0.5, 0.6) is 0 Å². The molecule has 40 heavy (non-hydrogen) atoms. The maximum Gasteiger partial charge on any atom is 0.193 e. The zero-order chi connectivity index (χ0) is 32.0. The van der Waals surface area contributed by atoms with E-state index in [1.54, 1.807) is 7.11 Å². The van der Waals surface area contributed by atoms with Crippen molar-refractivity contribution >= 4 is 24.5 Å². The molecular weight excluding hydrogens is 537 g/mol. The van der Waals surface area contributed by atoms with E-state index in [9.17, 15) is 0 Å². The second-order valence-corrected chi connectivity index (χ2v) is 30.4. The van der Waals surface area contributed by atoms with Gasteiger partial charge in [0.25, 0.3) is 0 Å². The van der Waals surface area contributed by atoms with Gasteiger partial charge in [0.05, 0.1) is 16.7 Å². The number of rotatable bonds is 11. The van der Waals surface area contributed by atoms with Gasteiger partial charge in [-0.15, -0.1) is 11.1 Å². The summed E-state index contributed by atoms with van der Waals surface area (Å²) in [5.41, 5.74) is 13.8. The third kappa shape index (κ3) is 9.36. The summed E-state index contributed by atoms with van der Waals surface area (Å²) >= 11 is 0. The molecule has 0 saturated heterocycles. The maximum atomic E-state index is 7.08. The SMILES string of the molecule is CC[Si](C#CC(=C=C(C#C[Si](C(C)C)(C(C)C)C(C)C)C(C)(C)OC)C(C)(C)O[Si](C)(C)C(C)(C)C)(CC)CC. The molecule has 0 N–H and O–H groups in total. The van der Waals surface area contributed by atoms with Crippen LogP contribution in [0.3, 0.4) is 0 Å². The second-order valence-electron chi connectivity index (χ2n) is 15.2. The molecule has 0 spiro atoms. The fraction of sp³-hybridized carbons (Fsp3) is 0.800. The third-order valence-electron chi connectivity index (χ3n) is 10.0. The normalized spacial score (nSPS) is 13.6. The first kappa shape index (κ1) is 39.2. The number of methoxy groups -OCH3 is 1. The van der Waals surface area contributed by atoms with Crippen molar-refractivity contribution in [3.05, 3.63) is 16.9 Å². The summed E-state index contributed by atoms with van der Waals surface area (Å²) in [5.74, 6) is 7.40. The third-order valence-corrected chi connectivity index (χ3v) is 25.7. The van der Waals surface area contributed by atoms with E-state index < -0.39 is 35.7 Å². The van der Waals surface area contributed by atoms with Crippen molar-refractivity contribution in [1.29, 1.82) is 0 Å². The second kappa shape index (κ2) is 14.6. The molecule has 0 aromatic heterocycles. The van der Waals surface area contributed by atoms with Gasteiger partial charge in [-0.1, -0.05) is 101 Å². The van der Waals surface area contributed by atoms with Crippen LogP contribution in [0.25, 0.3) is 0 Å². The summed E-state index contributed by atoms with van der Waals surface area (Å²) < 4.78 is 13.1. The van der Waals surface area contributed by atoms with E-state index >= 15 is 0 Å². The molecule has 5 heteroatoms. The fourth-order valence-corrected chi connectivity index (χ4v) is 14.9. The van der Waals surface area contributed by atoms with Crippen LogP contribution in [0.15, 0.2) is 16.9 Å². The molecule has 0 aromatic carbocycles. The molecule has 0 amide bonds. The van der Waals surface area contributed by atoms with Gasteiger partial charge >= 0.3 is 0 Å². The van der Waals surface area contributed by atoms with E-state index in [0.717, 1.165) is 29.3 Å². The van der Waals surface area contributed by atoms with Crippen molar-refractivity contribution < 1.29 is 9.16 Å². The Balaban J connectivity index is 7.97. The molecule has 0 aliphatic heterocycles. The largest absolute Gasteiger partial charge is 0.407 e. The lowest BCUT2D eigenvalue weighted by Crippen LogP contribution is -2.48. The first-order valence-corrected chi connectivity index (χ1v) is 23.5. The van der Waals surface area contributed by atoms with Gasteiger partial charge in [0.15, 0.2) is 8.32 Å². The Morgan fingerprint density at radius 3 is 1.35 bits per heavy atom. The number of hydrogen-bond donors (Lipinski definition) is 0. The topological polar surface area (TPSA) is 18.5 Å². The van der Waals surface area contributed by atoms with Gasteiger partial charge in [-0.2, -0.15) is 0 Å². The quantitative estimate of drug-likeness (QED) is 0.133. The summed E-state index contributed by atoms with van der Waals surface area (Å²) in [6, 6.07) is 3.49. The predicted molar refractivity (Wildman–Crippen MR) is 188 cm³/mol. The Labute approximate surface area is 254 Å². The van der Waals surface area contributed by atoms with E-state index in [1.165, 1.54) is 0 Å². The number of ether oxygens (including phenoxy) is 1. The zero-order valence-corrected chi connectivity index (χ0v) is 33.2. The Bertz CT molecular complexity index is 990. The molecular formula is C35H66O2Si3. The van der Waals surface area contributed by atoms with Crippen molar-refractivity contribution in [3.63, 3.8) is 0 Å². The Morgan fingerprint density at radius 1 is 0.650 bits per heavy atom. The Kier molecular flexibility index (Phi) is 14.3. The van der Waals surface area contributed by atoms with Gasteiger partial charge in [-0.05, 0) is 80.6 Å². The lowest BCUT2D eigenvalue weighted by molar-refractivity contribution is 0.0590. The van der Waals surface area contributed by atoms with Gasteiger partial charge in [-0.25, -0.2) is 0 Å². The van der Waals surface area contributed by atoms with E-state index in [0.29, 0.717) is 16.6 Å². The minimum Gasteiger partial charge on any atom is -0.407 e. The summed E-state index contributed by atoms with van der Waals surface area (Å²) in [6.07, 6.45) is 0.